The van der Waals surface area contributed by atoms with Crippen LogP contribution in [-0.2, 0) is 14.3 Å². The van der Waals surface area contributed by atoms with Crippen LogP contribution in [0.2, 0.25) is 0 Å². The van der Waals surface area contributed by atoms with Gasteiger partial charge in [0.05, 0.1) is 23.8 Å². The summed E-state index contributed by atoms with van der Waals surface area (Å²) in [5.41, 5.74) is 0.387. The van der Waals surface area contributed by atoms with Gasteiger partial charge in [-0.25, -0.2) is 0 Å². The van der Waals surface area contributed by atoms with E-state index in [2.05, 4.69) is 20.4 Å². The molecule has 3 rings (SSSR count). The highest BCUT2D eigenvalue weighted by atomic mass is 16.5. The molecule has 0 spiro atoms. The molecule has 1 N–H and O–H groups in total. The van der Waals surface area contributed by atoms with E-state index in [0.29, 0.717) is 26.3 Å². The molecule has 1 aromatic heterocycles. The molecular formula is C16H24N4O3. The molecule has 2 aliphatic heterocycles. The van der Waals surface area contributed by atoms with Gasteiger partial charge in [-0.15, -0.1) is 5.10 Å². The van der Waals surface area contributed by atoms with E-state index in [1.807, 2.05) is 19.1 Å². The highest BCUT2D eigenvalue weighted by Crippen LogP contribution is 2.41. The molecule has 1 amide bonds. The third kappa shape index (κ3) is 3.16. The minimum absolute atomic E-state index is 0.0142. The van der Waals surface area contributed by atoms with Crippen molar-refractivity contribution in [3.8, 4) is 0 Å². The highest BCUT2D eigenvalue weighted by molar-refractivity contribution is 5.84. The molecule has 7 heteroatoms. The summed E-state index contributed by atoms with van der Waals surface area (Å²) < 4.78 is 10.9. The number of ether oxygens (including phenoxy) is 2. The number of methoxy groups -OCH3 is 1. The Morgan fingerprint density at radius 2 is 2.39 bits per heavy atom. The van der Waals surface area contributed by atoms with Gasteiger partial charge in [0, 0.05) is 33.4 Å². The molecule has 3 heterocycles. The Morgan fingerprint density at radius 1 is 1.52 bits per heavy atom. The van der Waals surface area contributed by atoms with E-state index in [0.717, 1.165) is 30.9 Å². The van der Waals surface area contributed by atoms with Crippen LogP contribution < -0.4 is 10.2 Å². The Balaban J connectivity index is 1.76. The largest absolute Gasteiger partial charge is 0.383 e. The van der Waals surface area contributed by atoms with Crippen molar-refractivity contribution in [3.63, 3.8) is 0 Å². The van der Waals surface area contributed by atoms with Crippen LogP contribution in [0.3, 0.4) is 0 Å². The van der Waals surface area contributed by atoms with Crippen LogP contribution in [0.15, 0.2) is 12.1 Å². The molecule has 1 aromatic rings. The Morgan fingerprint density at radius 3 is 3.13 bits per heavy atom. The molecule has 0 unspecified atom stereocenters. The number of anilines is 1. The average molecular weight is 320 g/mol. The maximum Gasteiger partial charge on any atom is 0.230 e. The number of carbonyl (C=O) groups excluding carboxylic acids is 1. The van der Waals surface area contributed by atoms with Gasteiger partial charge in [0.25, 0.3) is 0 Å². The van der Waals surface area contributed by atoms with E-state index in [9.17, 15) is 4.79 Å². The number of nitrogens with one attached hydrogen (secondary N) is 1. The van der Waals surface area contributed by atoms with Crippen molar-refractivity contribution in [2.75, 3.05) is 44.9 Å². The number of amides is 1. The first-order valence-corrected chi connectivity index (χ1v) is 8.10. The van der Waals surface area contributed by atoms with Crippen LogP contribution in [0, 0.1) is 12.3 Å². The van der Waals surface area contributed by atoms with Crippen molar-refractivity contribution in [3.05, 3.63) is 17.8 Å². The van der Waals surface area contributed by atoms with Gasteiger partial charge in [-0.3, -0.25) is 4.79 Å². The number of aromatic nitrogens is 2. The number of aryl methyl sites for hydroxylation is 1. The van der Waals surface area contributed by atoms with E-state index in [4.69, 9.17) is 9.47 Å². The van der Waals surface area contributed by atoms with Gasteiger partial charge in [0.15, 0.2) is 5.82 Å². The van der Waals surface area contributed by atoms with Crippen LogP contribution in [0.5, 0.6) is 0 Å². The zero-order valence-electron chi connectivity index (χ0n) is 13.7. The topological polar surface area (TPSA) is 76.6 Å². The average Bonchev–Trinajstić information content (AvgIpc) is 3.00. The van der Waals surface area contributed by atoms with Crippen molar-refractivity contribution in [2.45, 2.75) is 25.9 Å². The molecule has 0 aromatic carbocycles. The van der Waals surface area contributed by atoms with E-state index in [1.165, 1.54) is 0 Å². The molecule has 126 valence electrons. The molecule has 0 aliphatic carbocycles. The molecule has 2 aliphatic rings. The molecule has 0 radical (unpaired) electrons. The van der Waals surface area contributed by atoms with E-state index in [-0.39, 0.29) is 12.0 Å². The first-order valence-electron chi connectivity index (χ1n) is 8.10. The lowest BCUT2D eigenvalue weighted by molar-refractivity contribution is -0.135. The molecular weight excluding hydrogens is 296 g/mol. The molecule has 2 fully saturated rings. The van der Waals surface area contributed by atoms with Gasteiger partial charge in [0.1, 0.15) is 0 Å². The number of rotatable bonds is 5. The summed E-state index contributed by atoms with van der Waals surface area (Å²) in [6.07, 6.45) is 1.55. The third-order valence-electron chi connectivity index (χ3n) is 4.77. The fourth-order valence-electron chi connectivity index (χ4n) is 3.47. The lowest BCUT2D eigenvalue weighted by Crippen LogP contribution is -2.57. The second kappa shape index (κ2) is 6.80. The Labute approximate surface area is 136 Å². The Hall–Kier alpha value is -1.73. The molecule has 0 bridgehead atoms. The quantitative estimate of drug-likeness (QED) is 0.798. The van der Waals surface area contributed by atoms with Gasteiger partial charge >= 0.3 is 0 Å². The van der Waals surface area contributed by atoms with Gasteiger partial charge in [-0.05, 0) is 31.9 Å². The molecule has 7 nitrogen and oxygen atoms in total. The zero-order valence-corrected chi connectivity index (χ0v) is 13.7. The minimum Gasteiger partial charge on any atom is -0.383 e. The molecule has 2 saturated heterocycles. The fourth-order valence-corrected chi connectivity index (χ4v) is 3.47. The summed E-state index contributed by atoms with van der Waals surface area (Å²) in [4.78, 5) is 14.9. The smallest absolute Gasteiger partial charge is 0.230 e. The van der Waals surface area contributed by atoms with Crippen LogP contribution >= 0.6 is 0 Å². The molecule has 0 saturated carbocycles. The predicted octanol–water partition coefficient (Wildman–Crippen LogP) is 0.533. The first kappa shape index (κ1) is 16.1. The van der Waals surface area contributed by atoms with Gasteiger partial charge in [-0.2, -0.15) is 5.10 Å². The second-order valence-corrected chi connectivity index (χ2v) is 6.26. The van der Waals surface area contributed by atoms with E-state index in [1.54, 1.807) is 7.11 Å². The first-order chi connectivity index (χ1) is 11.2. The summed E-state index contributed by atoms with van der Waals surface area (Å²) in [5, 5.41) is 11.4. The van der Waals surface area contributed by atoms with Crippen LogP contribution in [-0.4, -0.2) is 62.2 Å². The van der Waals surface area contributed by atoms with E-state index < -0.39 is 5.41 Å². The monoisotopic (exact) mass is 320 g/mol. The summed E-state index contributed by atoms with van der Waals surface area (Å²) in [6, 6.07) is 3.92. The third-order valence-corrected chi connectivity index (χ3v) is 4.77. The summed E-state index contributed by atoms with van der Waals surface area (Å²) in [7, 11) is 1.63. The molecule has 23 heavy (non-hydrogen) atoms. The van der Waals surface area contributed by atoms with Crippen LogP contribution in [0.4, 0.5) is 5.82 Å². The lowest BCUT2D eigenvalue weighted by atomic mass is 9.75. The van der Waals surface area contributed by atoms with Gasteiger partial charge in [-0.1, -0.05) is 0 Å². The summed E-state index contributed by atoms with van der Waals surface area (Å²) in [5.74, 6) is 0.881. The minimum atomic E-state index is -0.501. The van der Waals surface area contributed by atoms with Crippen LogP contribution in [0.1, 0.15) is 18.5 Å². The van der Waals surface area contributed by atoms with Crippen LogP contribution in [0.25, 0.3) is 0 Å². The van der Waals surface area contributed by atoms with Crippen molar-refractivity contribution >= 4 is 11.7 Å². The van der Waals surface area contributed by atoms with Crippen molar-refractivity contribution in [1.29, 1.82) is 0 Å². The van der Waals surface area contributed by atoms with E-state index >= 15 is 0 Å². The number of piperidine rings is 1. The number of fused-ring (bicyclic) bond motifs is 1. The lowest BCUT2D eigenvalue weighted by Gasteiger charge is -2.42. The Bertz CT molecular complexity index is 551. The number of nitrogens with zero attached hydrogens (tertiary/aromatic N) is 3. The van der Waals surface area contributed by atoms with Crippen molar-refractivity contribution in [2.24, 2.45) is 5.41 Å². The standard InChI is InChI=1S/C16H24N4O3/c1-12-3-4-14(19-18-12)20-8-5-13-16(11-20,6-9-23-13)15(21)17-7-10-22-2/h3-4,13H,5-11H2,1-2H3,(H,17,21)/t13-,16+/m1/s1. The summed E-state index contributed by atoms with van der Waals surface area (Å²) in [6.45, 7) is 5.03. The fraction of sp³-hybridized carbons (Fsp3) is 0.688. The number of carbonyl (C=O) groups is 1. The van der Waals surface area contributed by atoms with Crippen molar-refractivity contribution in [1.82, 2.24) is 15.5 Å². The normalized spacial score (nSPS) is 26.9. The SMILES string of the molecule is COCCNC(=O)[C@]12CCO[C@@H]1CCN(c1ccc(C)nn1)C2. The van der Waals surface area contributed by atoms with Gasteiger partial charge < -0.3 is 19.7 Å². The maximum absolute atomic E-state index is 12.8. The number of hydrogen-bond acceptors (Lipinski definition) is 6. The molecule has 2 atom stereocenters. The highest BCUT2D eigenvalue weighted by Gasteiger charge is 2.53. The maximum atomic E-state index is 12.8. The Kier molecular flexibility index (Phi) is 4.77. The van der Waals surface area contributed by atoms with Gasteiger partial charge in [0.2, 0.25) is 5.91 Å². The zero-order chi connectivity index (χ0) is 16.3. The predicted molar refractivity (Wildman–Crippen MR) is 85.3 cm³/mol. The number of hydrogen-bond donors (Lipinski definition) is 1. The second-order valence-electron chi connectivity index (χ2n) is 6.26. The summed E-state index contributed by atoms with van der Waals surface area (Å²) >= 11 is 0. The van der Waals surface area contributed by atoms with Crippen molar-refractivity contribution < 1.29 is 14.3 Å².